The van der Waals surface area contributed by atoms with Crippen LogP contribution in [0.15, 0.2) is 36.4 Å². The van der Waals surface area contributed by atoms with Gasteiger partial charge in [0, 0.05) is 50.1 Å². The maximum Gasteiger partial charge on any atom is 0.132 e. The third-order valence-electron chi connectivity index (χ3n) is 7.90. The summed E-state index contributed by atoms with van der Waals surface area (Å²) in [5.41, 5.74) is 2.08. The van der Waals surface area contributed by atoms with E-state index in [2.05, 4.69) is 24.5 Å². The highest BCUT2D eigenvalue weighted by Crippen LogP contribution is 2.30. The molecule has 0 aliphatic rings. The number of rotatable bonds is 24. The van der Waals surface area contributed by atoms with Gasteiger partial charge in [-0.3, -0.25) is 4.79 Å². The largest absolute Gasteiger partial charge is 0.497 e. The Balaban J connectivity index is 0.0000110. The van der Waals surface area contributed by atoms with Crippen LogP contribution in [0.5, 0.6) is 23.0 Å². The molecule has 2 aromatic rings. The third kappa shape index (κ3) is 17.4. The van der Waals surface area contributed by atoms with Gasteiger partial charge in [0.25, 0.3) is 0 Å². The van der Waals surface area contributed by atoms with Gasteiger partial charge >= 0.3 is 0 Å². The first-order valence-electron chi connectivity index (χ1n) is 16.8. The zero-order valence-corrected chi connectivity index (χ0v) is 30.7. The molecule has 0 aliphatic heterocycles. The summed E-state index contributed by atoms with van der Waals surface area (Å²) in [5.74, 6) is 3.67. The van der Waals surface area contributed by atoms with E-state index in [0.29, 0.717) is 48.9 Å². The summed E-state index contributed by atoms with van der Waals surface area (Å²) in [6, 6.07) is 12.2. The Hall–Kier alpha value is -2.56. The second-order valence-electron chi connectivity index (χ2n) is 13.2. The number of halogens is 1. The molecule has 0 saturated heterocycles. The molecule has 47 heavy (non-hydrogen) atoms. The van der Waals surface area contributed by atoms with Crippen molar-refractivity contribution in [3.63, 3.8) is 0 Å². The number of Topliss-reactive ketones (excluding diaryl/α,β-unsaturated/α-hetero) is 1. The van der Waals surface area contributed by atoms with Gasteiger partial charge < -0.3 is 39.8 Å². The number of carbonyl (C=O) groups is 1. The van der Waals surface area contributed by atoms with E-state index < -0.39 is 12.2 Å². The predicted molar refractivity (Wildman–Crippen MR) is 192 cm³/mol. The first kappa shape index (κ1) is 42.5. The lowest BCUT2D eigenvalue weighted by Gasteiger charge is -2.19. The van der Waals surface area contributed by atoms with Crippen molar-refractivity contribution in [2.75, 3.05) is 40.5 Å². The lowest BCUT2D eigenvalue weighted by atomic mass is 9.91. The number of nitrogens with one attached hydrogen (secondary N) is 2. The summed E-state index contributed by atoms with van der Waals surface area (Å²) in [5, 5.41) is 27.1. The average molecular weight is 681 g/mol. The van der Waals surface area contributed by atoms with Crippen LogP contribution in [0.4, 0.5) is 0 Å². The van der Waals surface area contributed by atoms with Crippen LogP contribution in [0.3, 0.4) is 0 Å². The molecule has 0 bridgehead atoms. The maximum atomic E-state index is 12.9. The molecular formula is C37H61ClN2O7. The maximum absolute atomic E-state index is 12.9. The fourth-order valence-corrected chi connectivity index (χ4v) is 5.06. The highest BCUT2D eigenvalue weighted by atomic mass is 35.5. The van der Waals surface area contributed by atoms with Gasteiger partial charge in [0.05, 0.1) is 14.2 Å². The number of aliphatic hydroxyl groups excluding tert-OH is 2. The van der Waals surface area contributed by atoms with Crippen LogP contribution in [-0.4, -0.2) is 80.8 Å². The van der Waals surface area contributed by atoms with E-state index in [1.807, 2.05) is 64.1 Å². The van der Waals surface area contributed by atoms with Crippen molar-refractivity contribution in [3.8, 4) is 23.0 Å². The molecule has 0 heterocycles. The normalized spacial score (nSPS) is 13.9. The second-order valence-corrected chi connectivity index (χ2v) is 13.2. The first-order chi connectivity index (χ1) is 21.9. The van der Waals surface area contributed by atoms with Crippen molar-refractivity contribution < 1.29 is 34.0 Å². The van der Waals surface area contributed by atoms with Gasteiger partial charge in [0.15, 0.2) is 0 Å². The zero-order valence-electron chi connectivity index (χ0n) is 29.8. The number of hydrogen-bond donors (Lipinski definition) is 4. The quantitative estimate of drug-likeness (QED) is 0.109. The Bertz CT molecular complexity index is 1080. The van der Waals surface area contributed by atoms with E-state index in [1.165, 1.54) is 0 Å². The number of ether oxygens (including phenoxy) is 4. The molecule has 4 N–H and O–H groups in total. The first-order valence-corrected chi connectivity index (χ1v) is 16.8. The van der Waals surface area contributed by atoms with E-state index in [-0.39, 0.29) is 55.3 Å². The molecule has 10 heteroatoms. The van der Waals surface area contributed by atoms with Crippen molar-refractivity contribution in [3.05, 3.63) is 47.5 Å². The summed E-state index contributed by atoms with van der Waals surface area (Å²) in [4.78, 5) is 12.9. The number of carbonyl (C=O) groups excluding carboxylic acids is 1. The average Bonchev–Trinajstić information content (AvgIpc) is 3.03. The molecule has 0 fully saturated rings. The number of aliphatic hydroxyl groups is 2. The third-order valence-corrected chi connectivity index (χ3v) is 7.90. The molecule has 4 atom stereocenters. The topological polar surface area (TPSA) is 119 Å². The van der Waals surface area contributed by atoms with E-state index in [1.54, 1.807) is 14.2 Å². The fraction of sp³-hybridized carbons (Fsp3) is 0.649. The van der Waals surface area contributed by atoms with Gasteiger partial charge in [-0.2, -0.15) is 0 Å². The molecule has 9 nitrogen and oxygen atoms in total. The summed E-state index contributed by atoms with van der Waals surface area (Å²) >= 11 is 0. The molecule has 0 aliphatic carbocycles. The van der Waals surface area contributed by atoms with Crippen molar-refractivity contribution in [2.24, 2.45) is 11.8 Å². The van der Waals surface area contributed by atoms with E-state index in [4.69, 9.17) is 18.9 Å². The van der Waals surface area contributed by atoms with Crippen LogP contribution >= 0.6 is 12.4 Å². The van der Waals surface area contributed by atoms with E-state index >= 15 is 0 Å². The van der Waals surface area contributed by atoms with Gasteiger partial charge in [-0.05, 0) is 60.8 Å². The molecule has 0 radical (unpaired) electrons. The van der Waals surface area contributed by atoms with Crippen LogP contribution in [0.2, 0.25) is 0 Å². The van der Waals surface area contributed by atoms with Crippen LogP contribution < -0.4 is 29.6 Å². The standard InChI is InChI=1S/C37H60N2O7.ClH/c1-25(2)38-21-32(41)23-45-36-19-34(43-7)15-11-29(36)17-27(5)9-13-31(40)14-10-28(6)18-30-12-16-35(44-8)20-37(30)46-24-33(42)22-39-26(3)4;/h11-12,15-16,19-20,25-28,32-33,38-39,41-42H,9-10,13-14,17-18,21-24H2,1-8H3;1H/t27-,28-,32-,33-;/m1./s1. The smallest absolute Gasteiger partial charge is 0.132 e. The highest BCUT2D eigenvalue weighted by molar-refractivity contribution is 5.85. The summed E-state index contributed by atoms with van der Waals surface area (Å²) in [7, 11) is 3.25. The lowest BCUT2D eigenvalue weighted by Crippen LogP contribution is -2.35. The summed E-state index contributed by atoms with van der Waals surface area (Å²) in [6.45, 7) is 13.8. The van der Waals surface area contributed by atoms with E-state index in [0.717, 1.165) is 36.8 Å². The number of ketones is 1. The molecule has 0 saturated carbocycles. The van der Waals surface area contributed by atoms with Crippen molar-refractivity contribution in [1.29, 1.82) is 0 Å². The zero-order chi connectivity index (χ0) is 34.1. The molecule has 0 spiro atoms. The lowest BCUT2D eigenvalue weighted by molar-refractivity contribution is -0.119. The summed E-state index contributed by atoms with van der Waals surface area (Å²) in [6.07, 6.45) is 2.98. The minimum absolute atomic E-state index is 0. The monoisotopic (exact) mass is 680 g/mol. The van der Waals surface area contributed by atoms with Crippen LogP contribution in [0.1, 0.15) is 78.4 Å². The minimum Gasteiger partial charge on any atom is -0.497 e. The molecular weight excluding hydrogens is 620 g/mol. The van der Waals surface area contributed by atoms with Gasteiger partial charge in [0.2, 0.25) is 0 Å². The van der Waals surface area contributed by atoms with E-state index in [9.17, 15) is 15.0 Å². The van der Waals surface area contributed by atoms with Crippen LogP contribution in [0.25, 0.3) is 0 Å². The molecule has 0 unspecified atom stereocenters. The molecule has 0 aromatic heterocycles. The molecule has 0 amide bonds. The molecule has 2 aromatic carbocycles. The Labute approximate surface area is 289 Å². The Morgan fingerprint density at radius 2 is 1.06 bits per heavy atom. The highest BCUT2D eigenvalue weighted by Gasteiger charge is 2.17. The van der Waals surface area contributed by atoms with Crippen molar-refractivity contribution in [2.45, 2.75) is 104 Å². The molecule has 268 valence electrons. The fourth-order valence-electron chi connectivity index (χ4n) is 5.06. The number of hydrogen-bond acceptors (Lipinski definition) is 9. The Morgan fingerprint density at radius 1 is 0.681 bits per heavy atom. The van der Waals surface area contributed by atoms with Crippen molar-refractivity contribution >= 4 is 18.2 Å². The van der Waals surface area contributed by atoms with Gasteiger partial charge in [-0.1, -0.05) is 53.7 Å². The van der Waals surface area contributed by atoms with Crippen LogP contribution in [-0.2, 0) is 17.6 Å². The van der Waals surface area contributed by atoms with Gasteiger partial charge in [0.1, 0.15) is 54.2 Å². The summed E-state index contributed by atoms with van der Waals surface area (Å²) < 4.78 is 22.8. The minimum atomic E-state index is -0.618. The Morgan fingerprint density at radius 3 is 1.40 bits per heavy atom. The Kier molecular flexibility index (Phi) is 20.7. The second kappa shape index (κ2) is 22.9. The van der Waals surface area contributed by atoms with Gasteiger partial charge in [-0.25, -0.2) is 0 Å². The number of methoxy groups -OCH3 is 2. The predicted octanol–water partition coefficient (Wildman–Crippen LogP) is 5.79. The van der Waals surface area contributed by atoms with Gasteiger partial charge in [-0.15, -0.1) is 12.4 Å². The van der Waals surface area contributed by atoms with Crippen LogP contribution in [0, 0.1) is 11.8 Å². The van der Waals surface area contributed by atoms with Crippen molar-refractivity contribution in [1.82, 2.24) is 10.6 Å². The number of benzene rings is 2. The molecule has 2 rings (SSSR count). The SMILES string of the molecule is COc1ccc(C[C@H](C)CCC(=O)CC[C@@H](C)Cc2ccc(OC)cc2OC[C@H](O)CNC(C)C)c(OC[C@H](O)CNC(C)C)c1.Cl.